The summed E-state index contributed by atoms with van der Waals surface area (Å²) in [4.78, 5) is 29.7. The Morgan fingerprint density at radius 1 is 1.13 bits per heavy atom. The number of halogens is 3. The summed E-state index contributed by atoms with van der Waals surface area (Å²) in [7, 11) is 1.61. The monoisotopic (exact) mass is 417 g/mol. The number of H-pyrrole nitrogens is 1. The fourth-order valence-corrected chi connectivity index (χ4v) is 2.36. The van der Waals surface area contributed by atoms with Gasteiger partial charge in [-0.3, -0.25) is 4.98 Å². The van der Waals surface area contributed by atoms with Crippen molar-refractivity contribution in [2.24, 2.45) is 0 Å². The second kappa shape index (κ2) is 8.55. The fraction of sp³-hybridized carbons (Fsp3) is 0.105. The van der Waals surface area contributed by atoms with Crippen LogP contribution in [0.25, 0.3) is 33.9 Å². The highest BCUT2D eigenvalue weighted by Gasteiger charge is 2.38. The Hall–Kier alpha value is -4.02. The lowest BCUT2D eigenvalue weighted by Gasteiger charge is -2.04. The van der Waals surface area contributed by atoms with Crippen LogP contribution in [0.3, 0.4) is 0 Å². The number of hydrogen-bond donors (Lipinski definition) is 2. The Bertz CT molecular complexity index is 1140. The summed E-state index contributed by atoms with van der Waals surface area (Å²) in [5.41, 5.74) is 3.48. The van der Waals surface area contributed by atoms with E-state index in [0.717, 1.165) is 22.3 Å². The number of pyridine rings is 1. The summed E-state index contributed by atoms with van der Waals surface area (Å²) in [6, 6.07) is 11.6. The largest absolute Gasteiger partial charge is 0.495 e. The molecule has 3 aromatic heterocycles. The van der Waals surface area contributed by atoms with E-state index >= 15 is 0 Å². The molecule has 30 heavy (non-hydrogen) atoms. The number of carboxylic acid groups (broad SMARTS) is 1. The first-order chi connectivity index (χ1) is 14.3. The molecule has 0 saturated carbocycles. The van der Waals surface area contributed by atoms with E-state index in [1.165, 1.54) is 0 Å². The Labute approximate surface area is 167 Å². The maximum atomic E-state index is 10.6. The molecule has 0 atom stereocenters. The molecule has 0 unspecified atom stereocenters. The number of aliphatic carboxylic acids is 1. The number of imidazole rings is 1. The number of carboxylic acids is 1. The van der Waals surface area contributed by atoms with Crippen molar-refractivity contribution >= 4 is 17.0 Å². The van der Waals surface area contributed by atoms with Crippen LogP contribution in [-0.2, 0) is 4.79 Å². The Kier molecular flexibility index (Phi) is 5.90. The van der Waals surface area contributed by atoms with Gasteiger partial charge in [-0.1, -0.05) is 12.1 Å². The minimum Gasteiger partial charge on any atom is -0.495 e. The van der Waals surface area contributed by atoms with Gasteiger partial charge in [0.05, 0.1) is 30.0 Å². The molecule has 8 nitrogen and oxygen atoms in total. The number of nitrogens with zero attached hydrogens (tertiary/aromatic N) is 4. The third-order valence-corrected chi connectivity index (χ3v) is 3.74. The molecule has 0 aliphatic rings. The first-order valence-electron chi connectivity index (χ1n) is 8.35. The molecule has 0 saturated heterocycles. The lowest BCUT2D eigenvalue weighted by atomic mass is 10.2. The van der Waals surface area contributed by atoms with Gasteiger partial charge in [0, 0.05) is 18.0 Å². The maximum Gasteiger partial charge on any atom is 0.490 e. The number of para-hydroxylation sites is 2. The summed E-state index contributed by atoms with van der Waals surface area (Å²) < 4.78 is 36.9. The van der Waals surface area contributed by atoms with Crippen LogP contribution in [0.15, 0.2) is 55.0 Å². The zero-order valence-electron chi connectivity index (χ0n) is 15.4. The number of benzene rings is 1. The molecular formula is C19H14F3N5O3. The van der Waals surface area contributed by atoms with Gasteiger partial charge < -0.3 is 14.8 Å². The number of methoxy groups -OCH3 is 1. The second-order valence-electron chi connectivity index (χ2n) is 5.78. The van der Waals surface area contributed by atoms with Crippen molar-refractivity contribution in [1.82, 2.24) is 24.9 Å². The number of fused-ring (bicyclic) bond motifs is 1. The number of aromatic nitrogens is 5. The highest BCUT2D eigenvalue weighted by atomic mass is 19.4. The SMILES string of the molecule is COc1cncc(-c2ccnc(-c3nc4ccccc4[nH]3)n2)c1.O=C(O)C(F)(F)F. The van der Waals surface area contributed by atoms with E-state index in [0.29, 0.717) is 17.4 Å². The van der Waals surface area contributed by atoms with E-state index in [1.807, 2.05) is 36.4 Å². The predicted octanol–water partition coefficient (Wildman–Crippen LogP) is 3.72. The third-order valence-electron chi connectivity index (χ3n) is 3.74. The summed E-state index contributed by atoms with van der Waals surface area (Å²) in [6.45, 7) is 0. The number of carbonyl (C=O) groups is 1. The van der Waals surface area contributed by atoms with Gasteiger partial charge in [-0.2, -0.15) is 13.2 Å². The van der Waals surface area contributed by atoms with Gasteiger partial charge in [0.1, 0.15) is 5.75 Å². The first-order valence-corrected chi connectivity index (χ1v) is 8.35. The predicted molar refractivity (Wildman–Crippen MR) is 101 cm³/mol. The Balaban J connectivity index is 0.000000318. The van der Waals surface area contributed by atoms with E-state index in [-0.39, 0.29) is 0 Å². The minimum atomic E-state index is -5.08. The molecule has 154 valence electrons. The van der Waals surface area contributed by atoms with E-state index in [1.54, 1.807) is 25.7 Å². The van der Waals surface area contributed by atoms with E-state index < -0.39 is 12.1 Å². The highest BCUT2D eigenvalue weighted by molar-refractivity contribution is 5.78. The molecule has 0 amide bonds. The van der Waals surface area contributed by atoms with Crippen molar-refractivity contribution in [3.63, 3.8) is 0 Å². The molecule has 2 N–H and O–H groups in total. The fourth-order valence-electron chi connectivity index (χ4n) is 2.36. The smallest absolute Gasteiger partial charge is 0.490 e. The quantitative estimate of drug-likeness (QED) is 0.522. The van der Waals surface area contributed by atoms with Crippen molar-refractivity contribution in [3.8, 4) is 28.7 Å². The average molecular weight is 417 g/mol. The first kappa shape index (κ1) is 20.7. The Morgan fingerprint density at radius 2 is 1.87 bits per heavy atom. The minimum absolute atomic E-state index is 0.543. The van der Waals surface area contributed by atoms with Crippen molar-refractivity contribution in [1.29, 1.82) is 0 Å². The van der Waals surface area contributed by atoms with Crippen LogP contribution < -0.4 is 4.74 Å². The lowest BCUT2D eigenvalue weighted by molar-refractivity contribution is -0.192. The van der Waals surface area contributed by atoms with Crippen LogP contribution in [0.5, 0.6) is 5.75 Å². The lowest BCUT2D eigenvalue weighted by Crippen LogP contribution is -2.21. The summed E-state index contributed by atoms with van der Waals surface area (Å²) in [6.07, 6.45) is 0.0302. The number of hydrogen-bond acceptors (Lipinski definition) is 6. The molecule has 0 radical (unpaired) electrons. The molecule has 11 heteroatoms. The van der Waals surface area contributed by atoms with Crippen LogP contribution in [0, 0.1) is 0 Å². The molecule has 0 aliphatic heterocycles. The topological polar surface area (TPSA) is 114 Å². The van der Waals surface area contributed by atoms with Crippen LogP contribution in [0.2, 0.25) is 0 Å². The standard InChI is InChI=1S/C17H13N5O.C2HF3O2/c1-23-12-8-11(9-18-10-12)13-6-7-19-16(20-13)17-21-14-4-2-3-5-15(14)22-17;3-2(4,5)1(6)7/h2-10H,1H3,(H,21,22);(H,6,7). The number of aromatic amines is 1. The average Bonchev–Trinajstić information content (AvgIpc) is 3.18. The number of rotatable bonds is 3. The number of alkyl halides is 3. The van der Waals surface area contributed by atoms with Gasteiger partial charge >= 0.3 is 12.1 Å². The molecule has 0 fully saturated rings. The van der Waals surface area contributed by atoms with Gasteiger partial charge in [-0.25, -0.2) is 19.7 Å². The van der Waals surface area contributed by atoms with Crippen LogP contribution in [0.1, 0.15) is 0 Å². The van der Waals surface area contributed by atoms with Gasteiger partial charge in [-0.15, -0.1) is 0 Å². The third kappa shape index (κ3) is 4.87. The van der Waals surface area contributed by atoms with E-state index in [9.17, 15) is 13.2 Å². The van der Waals surface area contributed by atoms with Gasteiger partial charge in [0.15, 0.2) is 11.6 Å². The van der Waals surface area contributed by atoms with Crippen LogP contribution in [0.4, 0.5) is 13.2 Å². The summed E-state index contributed by atoms with van der Waals surface area (Å²) in [5, 5.41) is 7.12. The maximum absolute atomic E-state index is 10.6. The van der Waals surface area contributed by atoms with Crippen molar-refractivity contribution in [2.45, 2.75) is 6.18 Å². The second-order valence-corrected chi connectivity index (χ2v) is 5.78. The zero-order valence-corrected chi connectivity index (χ0v) is 15.4. The van der Waals surface area contributed by atoms with Crippen LogP contribution in [-0.4, -0.2) is 49.3 Å². The summed E-state index contributed by atoms with van der Waals surface area (Å²) >= 11 is 0. The number of nitrogens with one attached hydrogen (secondary N) is 1. The van der Waals surface area contributed by atoms with Crippen molar-refractivity contribution < 1.29 is 27.8 Å². The molecule has 0 spiro atoms. The highest BCUT2D eigenvalue weighted by Crippen LogP contribution is 2.23. The van der Waals surface area contributed by atoms with Gasteiger partial charge in [-0.05, 0) is 24.3 Å². The van der Waals surface area contributed by atoms with Gasteiger partial charge in [0.2, 0.25) is 0 Å². The molecule has 4 rings (SSSR count). The Morgan fingerprint density at radius 3 is 2.53 bits per heavy atom. The van der Waals surface area contributed by atoms with Crippen molar-refractivity contribution in [3.05, 3.63) is 55.0 Å². The summed E-state index contributed by atoms with van der Waals surface area (Å²) in [5.74, 6) is -0.885. The van der Waals surface area contributed by atoms with Crippen molar-refractivity contribution in [2.75, 3.05) is 7.11 Å². The van der Waals surface area contributed by atoms with E-state index in [4.69, 9.17) is 14.6 Å². The number of ether oxygens (including phenoxy) is 1. The molecule has 0 aliphatic carbocycles. The molecule has 3 heterocycles. The van der Waals surface area contributed by atoms with Crippen LogP contribution >= 0.6 is 0 Å². The van der Waals surface area contributed by atoms with Gasteiger partial charge in [0.25, 0.3) is 0 Å². The normalized spacial score (nSPS) is 10.9. The zero-order chi connectivity index (χ0) is 21.7. The van der Waals surface area contributed by atoms with E-state index in [2.05, 4.69) is 24.9 Å². The molecule has 0 bridgehead atoms. The molecule has 1 aromatic carbocycles. The molecular weight excluding hydrogens is 403 g/mol. The molecule has 4 aromatic rings.